The maximum atomic E-state index is 9.77. The van der Waals surface area contributed by atoms with E-state index in [1.807, 2.05) is 26.0 Å². The Hall–Kier alpha value is -1.53. The molecule has 0 spiro atoms. The van der Waals surface area contributed by atoms with Crippen LogP contribution in [0, 0.1) is 25.2 Å². The molecule has 1 aliphatic carbocycles. The second-order valence-corrected chi connectivity index (χ2v) is 5.21. The van der Waals surface area contributed by atoms with Crippen LogP contribution in [0.25, 0.3) is 0 Å². The fourth-order valence-corrected chi connectivity index (χ4v) is 2.69. The van der Waals surface area contributed by atoms with Crippen molar-refractivity contribution in [2.24, 2.45) is 0 Å². The van der Waals surface area contributed by atoms with E-state index >= 15 is 0 Å². The minimum atomic E-state index is -0.272. The molecule has 2 rings (SSSR count). The summed E-state index contributed by atoms with van der Waals surface area (Å²) >= 11 is 0. The van der Waals surface area contributed by atoms with Gasteiger partial charge in [0.25, 0.3) is 0 Å². The van der Waals surface area contributed by atoms with Crippen molar-refractivity contribution in [3.8, 4) is 11.8 Å². The molecule has 0 aromatic heterocycles. The van der Waals surface area contributed by atoms with E-state index in [4.69, 9.17) is 0 Å². The van der Waals surface area contributed by atoms with Crippen LogP contribution in [0.15, 0.2) is 12.1 Å². The molecule has 2 N–H and O–H groups in total. The molecule has 1 atom stereocenters. The predicted molar refractivity (Wildman–Crippen MR) is 71.3 cm³/mol. The number of rotatable bonds is 3. The highest BCUT2D eigenvalue weighted by Crippen LogP contribution is 2.27. The monoisotopic (exact) mass is 244 g/mol. The minimum absolute atomic E-state index is 0.272. The number of hydrogen-bond donors (Lipinski definition) is 2. The summed E-state index contributed by atoms with van der Waals surface area (Å²) in [5.41, 5.74) is 2.62. The first-order valence-electron chi connectivity index (χ1n) is 6.57. The predicted octanol–water partition coefficient (Wildman–Crippen LogP) is 3.11. The lowest BCUT2D eigenvalue weighted by molar-refractivity contribution is 0.464. The van der Waals surface area contributed by atoms with Gasteiger partial charge in [-0.25, -0.2) is 0 Å². The maximum absolute atomic E-state index is 9.77. The fraction of sp³-hybridized carbons (Fsp3) is 0.533. The Bertz CT molecular complexity index is 447. The first-order valence-corrected chi connectivity index (χ1v) is 6.57. The van der Waals surface area contributed by atoms with E-state index in [-0.39, 0.29) is 6.04 Å². The molecule has 96 valence electrons. The Balaban J connectivity index is 2.19. The molecule has 3 nitrogen and oxygen atoms in total. The number of phenolic OH excluding ortho intramolecular Hbond substituents is 1. The van der Waals surface area contributed by atoms with Crippen molar-refractivity contribution in [3.63, 3.8) is 0 Å². The average Bonchev–Trinajstić information content (AvgIpc) is 2.85. The van der Waals surface area contributed by atoms with Gasteiger partial charge >= 0.3 is 0 Å². The smallest absolute Gasteiger partial charge is 0.121 e. The Morgan fingerprint density at radius 1 is 1.28 bits per heavy atom. The summed E-state index contributed by atoms with van der Waals surface area (Å²) in [6.45, 7) is 3.74. The van der Waals surface area contributed by atoms with Crippen molar-refractivity contribution in [3.05, 3.63) is 28.8 Å². The van der Waals surface area contributed by atoms with Crippen molar-refractivity contribution in [1.29, 1.82) is 5.26 Å². The first kappa shape index (κ1) is 12.9. The number of benzene rings is 1. The number of aryl methyl sites for hydroxylation is 2. The second kappa shape index (κ2) is 5.41. The van der Waals surface area contributed by atoms with Gasteiger partial charge in [0.05, 0.1) is 6.07 Å². The number of aromatic hydroxyl groups is 1. The summed E-state index contributed by atoms with van der Waals surface area (Å²) in [5, 5.41) is 22.5. The molecule has 1 unspecified atom stereocenters. The van der Waals surface area contributed by atoms with Crippen LogP contribution in [-0.2, 0) is 0 Å². The van der Waals surface area contributed by atoms with Gasteiger partial charge in [0.15, 0.2) is 0 Å². The molecule has 0 amide bonds. The van der Waals surface area contributed by atoms with Crippen LogP contribution >= 0.6 is 0 Å². The normalized spacial score (nSPS) is 17.6. The zero-order chi connectivity index (χ0) is 13.1. The van der Waals surface area contributed by atoms with E-state index in [0.29, 0.717) is 11.8 Å². The van der Waals surface area contributed by atoms with Crippen molar-refractivity contribution in [1.82, 2.24) is 5.32 Å². The zero-order valence-electron chi connectivity index (χ0n) is 11.0. The van der Waals surface area contributed by atoms with Crippen LogP contribution in [0.4, 0.5) is 0 Å². The number of nitrogens with one attached hydrogen (secondary N) is 1. The van der Waals surface area contributed by atoms with Crippen LogP contribution < -0.4 is 5.32 Å². The lowest BCUT2D eigenvalue weighted by Crippen LogP contribution is -2.29. The van der Waals surface area contributed by atoms with Gasteiger partial charge < -0.3 is 5.11 Å². The molecule has 0 aliphatic heterocycles. The Kier molecular flexibility index (Phi) is 3.88. The standard InChI is InChI=1S/C15H20N2O/c1-10-7-12(8-11(2)15(10)18)14(9-16)17-13-5-3-4-6-13/h7-8,13-14,17-18H,3-6H2,1-2H3. The largest absolute Gasteiger partial charge is 0.507 e. The molecule has 1 aromatic carbocycles. The molecule has 0 bridgehead atoms. The lowest BCUT2D eigenvalue weighted by Gasteiger charge is -2.18. The summed E-state index contributed by atoms with van der Waals surface area (Å²) < 4.78 is 0. The number of phenols is 1. The molecule has 0 saturated heterocycles. The van der Waals surface area contributed by atoms with E-state index in [1.54, 1.807) is 0 Å². The summed E-state index contributed by atoms with van der Waals surface area (Å²) in [6.07, 6.45) is 4.83. The van der Waals surface area contributed by atoms with Crippen LogP contribution in [0.1, 0.15) is 48.4 Å². The lowest BCUT2D eigenvalue weighted by atomic mass is 10.00. The fourth-order valence-electron chi connectivity index (χ4n) is 2.69. The van der Waals surface area contributed by atoms with Crippen LogP contribution in [0.2, 0.25) is 0 Å². The molecular formula is C15H20N2O. The van der Waals surface area contributed by atoms with Gasteiger partial charge in [-0.3, -0.25) is 5.32 Å². The summed E-state index contributed by atoms with van der Waals surface area (Å²) in [5.74, 6) is 0.330. The van der Waals surface area contributed by atoms with Gasteiger partial charge in [-0.1, -0.05) is 12.8 Å². The van der Waals surface area contributed by atoms with Gasteiger partial charge in [-0.2, -0.15) is 5.26 Å². The van der Waals surface area contributed by atoms with E-state index in [9.17, 15) is 10.4 Å². The highest BCUT2D eigenvalue weighted by Gasteiger charge is 2.20. The molecule has 3 heteroatoms. The van der Waals surface area contributed by atoms with E-state index < -0.39 is 0 Å². The number of nitrogens with zero attached hydrogens (tertiary/aromatic N) is 1. The second-order valence-electron chi connectivity index (χ2n) is 5.21. The SMILES string of the molecule is Cc1cc(C(C#N)NC2CCCC2)cc(C)c1O. The van der Waals surface area contributed by atoms with Gasteiger partial charge in [-0.15, -0.1) is 0 Å². The van der Waals surface area contributed by atoms with Crippen LogP contribution in [-0.4, -0.2) is 11.1 Å². The van der Waals surface area contributed by atoms with Crippen molar-refractivity contribution in [2.75, 3.05) is 0 Å². The molecule has 1 aliphatic rings. The third-order valence-electron chi connectivity index (χ3n) is 3.73. The Morgan fingerprint density at radius 3 is 2.33 bits per heavy atom. The van der Waals surface area contributed by atoms with E-state index in [0.717, 1.165) is 29.5 Å². The molecule has 1 saturated carbocycles. The summed E-state index contributed by atoms with van der Waals surface area (Å²) in [6, 6.07) is 6.32. The molecule has 0 heterocycles. The van der Waals surface area contributed by atoms with Crippen molar-refractivity contribution < 1.29 is 5.11 Å². The summed E-state index contributed by atoms with van der Waals surface area (Å²) in [7, 11) is 0. The van der Waals surface area contributed by atoms with Crippen LogP contribution in [0.5, 0.6) is 5.75 Å². The van der Waals surface area contributed by atoms with Gasteiger partial charge in [0.1, 0.15) is 11.8 Å². The van der Waals surface area contributed by atoms with Gasteiger partial charge in [0.2, 0.25) is 0 Å². The van der Waals surface area contributed by atoms with Crippen molar-refractivity contribution >= 4 is 0 Å². The molecule has 0 radical (unpaired) electrons. The third-order valence-corrected chi connectivity index (χ3v) is 3.73. The minimum Gasteiger partial charge on any atom is -0.507 e. The Morgan fingerprint density at radius 2 is 1.83 bits per heavy atom. The average molecular weight is 244 g/mol. The Labute approximate surface area is 108 Å². The zero-order valence-corrected chi connectivity index (χ0v) is 11.0. The molecule has 1 fully saturated rings. The highest BCUT2D eigenvalue weighted by molar-refractivity contribution is 5.44. The first-order chi connectivity index (χ1) is 8.61. The quantitative estimate of drug-likeness (QED) is 0.859. The van der Waals surface area contributed by atoms with E-state index in [2.05, 4.69) is 11.4 Å². The highest BCUT2D eigenvalue weighted by atomic mass is 16.3. The van der Waals surface area contributed by atoms with Crippen LogP contribution in [0.3, 0.4) is 0 Å². The van der Waals surface area contributed by atoms with Gasteiger partial charge in [0, 0.05) is 6.04 Å². The maximum Gasteiger partial charge on any atom is 0.121 e. The molecule has 18 heavy (non-hydrogen) atoms. The van der Waals surface area contributed by atoms with Crippen molar-refractivity contribution in [2.45, 2.75) is 51.6 Å². The number of nitriles is 1. The van der Waals surface area contributed by atoms with E-state index in [1.165, 1.54) is 12.8 Å². The summed E-state index contributed by atoms with van der Waals surface area (Å²) in [4.78, 5) is 0. The number of hydrogen-bond acceptors (Lipinski definition) is 3. The topological polar surface area (TPSA) is 56.0 Å². The molecule has 1 aromatic rings. The third kappa shape index (κ3) is 2.65. The van der Waals surface area contributed by atoms with Gasteiger partial charge in [-0.05, 0) is 55.5 Å². The molecular weight excluding hydrogens is 224 g/mol.